The molecule has 1 aromatic rings. The molecule has 1 amide bonds. The second-order valence-electron chi connectivity index (χ2n) is 8.53. The highest BCUT2D eigenvalue weighted by Gasteiger charge is 2.70. The Morgan fingerprint density at radius 3 is 2.78 bits per heavy atom. The summed E-state index contributed by atoms with van der Waals surface area (Å²) in [6, 6.07) is 8.69. The maximum absolute atomic E-state index is 12.9. The van der Waals surface area contributed by atoms with Gasteiger partial charge in [-0.3, -0.25) is 9.69 Å². The molecule has 27 heavy (non-hydrogen) atoms. The number of nitrogens with zero attached hydrogens (tertiary/aromatic N) is 1. The van der Waals surface area contributed by atoms with Gasteiger partial charge in [-0.25, -0.2) is 0 Å². The maximum atomic E-state index is 12.9. The first-order valence-electron chi connectivity index (χ1n) is 10.5. The zero-order chi connectivity index (χ0) is 18.7. The number of nitrogens with one attached hydrogen (secondary N) is 1. The van der Waals surface area contributed by atoms with Crippen molar-refractivity contribution in [3.8, 4) is 0 Å². The number of carbonyl (C=O) groups is 1. The molecule has 3 aliphatic rings. The van der Waals surface area contributed by atoms with Crippen LogP contribution in [0.1, 0.15) is 43.2 Å². The van der Waals surface area contributed by atoms with E-state index in [0.717, 1.165) is 71.5 Å². The van der Waals surface area contributed by atoms with Crippen LogP contribution >= 0.6 is 0 Å². The van der Waals surface area contributed by atoms with Gasteiger partial charge >= 0.3 is 0 Å². The number of rotatable bonds is 7. The summed E-state index contributed by atoms with van der Waals surface area (Å²) in [4.78, 5) is 15.4. The van der Waals surface area contributed by atoms with E-state index in [0.29, 0.717) is 6.42 Å². The zero-order valence-corrected chi connectivity index (χ0v) is 16.2. The van der Waals surface area contributed by atoms with Crippen LogP contribution < -0.4 is 5.32 Å². The topological polar surface area (TPSA) is 61.8 Å². The third-order valence-electron chi connectivity index (χ3n) is 7.10. The number of ether oxygens (including phenoxy) is 1. The van der Waals surface area contributed by atoms with E-state index in [9.17, 15) is 9.90 Å². The highest BCUT2D eigenvalue weighted by molar-refractivity contribution is 5.87. The van der Waals surface area contributed by atoms with Gasteiger partial charge in [-0.1, -0.05) is 24.3 Å². The monoisotopic (exact) mass is 372 g/mol. The lowest BCUT2D eigenvalue weighted by Crippen LogP contribution is -2.39. The van der Waals surface area contributed by atoms with Crippen LogP contribution in [0.3, 0.4) is 0 Å². The smallest absolute Gasteiger partial charge is 0.226 e. The van der Waals surface area contributed by atoms with Crippen molar-refractivity contribution in [3.63, 3.8) is 0 Å². The van der Waals surface area contributed by atoms with Crippen LogP contribution in [0.2, 0.25) is 0 Å². The van der Waals surface area contributed by atoms with Crippen LogP contribution in [0.15, 0.2) is 24.3 Å². The minimum atomic E-state index is -0.352. The predicted molar refractivity (Wildman–Crippen MR) is 104 cm³/mol. The zero-order valence-electron chi connectivity index (χ0n) is 16.2. The minimum Gasteiger partial charge on any atom is -0.396 e. The minimum absolute atomic E-state index is 0.0780. The first-order chi connectivity index (χ1) is 13.2. The summed E-state index contributed by atoms with van der Waals surface area (Å²) in [6.07, 6.45) is 5.49. The lowest BCUT2D eigenvalue weighted by atomic mass is 9.83. The summed E-state index contributed by atoms with van der Waals surface area (Å²) in [7, 11) is 0. The van der Waals surface area contributed by atoms with E-state index in [4.69, 9.17) is 4.74 Å². The Balaban J connectivity index is 1.24. The van der Waals surface area contributed by atoms with Crippen molar-refractivity contribution in [2.24, 2.45) is 10.8 Å². The summed E-state index contributed by atoms with van der Waals surface area (Å²) in [5, 5.41) is 12.7. The van der Waals surface area contributed by atoms with Crippen LogP contribution in [-0.2, 0) is 22.5 Å². The number of benzene rings is 1. The SMILES string of the molecule is O=C(NCCCN1CCc2ccccc2C1)C1(CCO)CC12CCOCC2. The molecule has 4 rings (SSSR count). The van der Waals surface area contributed by atoms with Crippen LogP contribution in [-0.4, -0.2) is 55.4 Å². The lowest BCUT2D eigenvalue weighted by molar-refractivity contribution is -0.129. The molecule has 5 nitrogen and oxygen atoms in total. The summed E-state index contributed by atoms with van der Waals surface area (Å²) < 4.78 is 5.49. The fourth-order valence-corrected chi connectivity index (χ4v) is 5.35. The van der Waals surface area contributed by atoms with Gasteiger partial charge in [0, 0.05) is 46.0 Å². The van der Waals surface area contributed by atoms with Gasteiger partial charge in [0.1, 0.15) is 0 Å². The number of aliphatic hydroxyl groups excluding tert-OH is 1. The quantitative estimate of drug-likeness (QED) is 0.720. The van der Waals surface area contributed by atoms with E-state index in [2.05, 4.69) is 34.5 Å². The van der Waals surface area contributed by atoms with Crippen LogP contribution in [0.25, 0.3) is 0 Å². The largest absolute Gasteiger partial charge is 0.396 e. The number of carbonyl (C=O) groups excluding carboxylic acids is 1. The molecule has 1 saturated heterocycles. The molecule has 2 heterocycles. The van der Waals surface area contributed by atoms with Gasteiger partial charge in [0.2, 0.25) is 5.91 Å². The lowest BCUT2D eigenvalue weighted by Gasteiger charge is -2.29. The van der Waals surface area contributed by atoms with Gasteiger partial charge in [0.25, 0.3) is 0 Å². The van der Waals surface area contributed by atoms with Gasteiger partial charge in [-0.05, 0) is 55.1 Å². The van der Waals surface area contributed by atoms with E-state index in [1.54, 1.807) is 0 Å². The molecular formula is C22H32N2O3. The number of hydrogen-bond donors (Lipinski definition) is 2. The molecule has 1 aromatic carbocycles. The predicted octanol–water partition coefficient (Wildman–Crippen LogP) is 2.12. The molecule has 1 unspecified atom stereocenters. The Hall–Kier alpha value is -1.43. The third kappa shape index (κ3) is 3.65. The van der Waals surface area contributed by atoms with Crippen molar-refractivity contribution < 1.29 is 14.6 Å². The van der Waals surface area contributed by atoms with Gasteiger partial charge in [-0.15, -0.1) is 0 Å². The fourth-order valence-electron chi connectivity index (χ4n) is 5.35. The number of aliphatic hydroxyl groups is 1. The second-order valence-corrected chi connectivity index (χ2v) is 8.53. The summed E-state index contributed by atoms with van der Waals surface area (Å²) in [6.45, 7) is 5.43. The molecule has 1 spiro atoms. The van der Waals surface area contributed by atoms with Crippen molar-refractivity contribution in [2.45, 2.75) is 45.1 Å². The molecule has 1 atom stereocenters. The van der Waals surface area contributed by atoms with E-state index in [1.165, 1.54) is 11.1 Å². The molecule has 148 valence electrons. The molecule has 2 N–H and O–H groups in total. The van der Waals surface area contributed by atoms with Crippen molar-refractivity contribution in [1.29, 1.82) is 0 Å². The fraction of sp³-hybridized carbons (Fsp3) is 0.682. The highest BCUT2D eigenvalue weighted by atomic mass is 16.5. The molecule has 5 heteroatoms. The van der Waals surface area contributed by atoms with Crippen molar-refractivity contribution >= 4 is 5.91 Å². The van der Waals surface area contributed by atoms with Crippen LogP contribution in [0.5, 0.6) is 0 Å². The van der Waals surface area contributed by atoms with E-state index in [1.807, 2.05) is 0 Å². The number of amides is 1. The average Bonchev–Trinajstić information content (AvgIpc) is 3.32. The molecule has 2 aliphatic heterocycles. The Bertz CT molecular complexity index is 671. The average molecular weight is 373 g/mol. The first-order valence-corrected chi connectivity index (χ1v) is 10.5. The van der Waals surface area contributed by atoms with Crippen molar-refractivity contribution in [1.82, 2.24) is 10.2 Å². The van der Waals surface area contributed by atoms with E-state index < -0.39 is 0 Å². The van der Waals surface area contributed by atoms with Crippen LogP contribution in [0, 0.1) is 10.8 Å². The second kappa shape index (κ2) is 7.90. The molecular weight excluding hydrogens is 340 g/mol. The first kappa shape index (κ1) is 18.9. The summed E-state index contributed by atoms with van der Waals surface area (Å²) in [5.74, 6) is 0.155. The van der Waals surface area contributed by atoms with E-state index in [-0.39, 0.29) is 23.3 Å². The highest BCUT2D eigenvalue weighted by Crippen LogP contribution is 2.70. The maximum Gasteiger partial charge on any atom is 0.226 e. The molecule has 1 aliphatic carbocycles. The Morgan fingerprint density at radius 2 is 2.00 bits per heavy atom. The Morgan fingerprint density at radius 1 is 1.22 bits per heavy atom. The van der Waals surface area contributed by atoms with Gasteiger partial charge < -0.3 is 15.2 Å². The molecule has 0 bridgehead atoms. The normalized spacial score (nSPS) is 26.6. The molecule has 2 fully saturated rings. The number of hydrogen-bond acceptors (Lipinski definition) is 4. The Labute approximate surface area is 162 Å². The third-order valence-corrected chi connectivity index (χ3v) is 7.10. The molecule has 0 radical (unpaired) electrons. The summed E-state index contributed by atoms with van der Waals surface area (Å²) in [5.41, 5.74) is 2.64. The Kier molecular flexibility index (Phi) is 5.53. The summed E-state index contributed by atoms with van der Waals surface area (Å²) >= 11 is 0. The molecule has 0 aromatic heterocycles. The number of fused-ring (bicyclic) bond motifs is 1. The van der Waals surface area contributed by atoms with Gasteiger partial charge in [0.15, 0.2) is 0 Å². The van der Waals surface area contributed by atoms with Gasteiger partial charge in [0.05, 0.1) is 5.41 Å². The van der Waals surface area contributed by atoms with E-state index >= 15 is 0 Å². The standard InChI is InChI=1S/C22H32N2O3/c25-13-7-22(17-21(22)8-14-27-15-9-21)20(26)23-10-3-11-24-12-6-18-4-1-2-5-19(18)16-24/h1-2,4-5,25H,3,6-17H2,(H,23,26). The van der Waals surface area contributed by atoms with Crippen molar-refractivity contribution in [2.75, 3.05) is 39.5 Å². The van der Waals surface area contributed by atoms with Gasteiger partial charge in [-0.2, -0.15) is 0 Å². The van der Waals surface area contributed by atoms with Crippen molar-refractivity contribution in [3.05, 3.63) is 35.4 Å². The van der Waals surface area contributed by atoms with Crippen LogP contribution in [0.4, 0.5) is 0 Å². The molecule has 1 saturated carbocycles.